The summed E-state index contributed by atoms with van der Waals surface area (Å²) in [6.45, 7) is 3.80. The SMILES string of the molecule is CC=CCCC1COC(CCC2CCC(C3CC=C(F)CC3)CC2)OC1. The number of hydrogen-bond donors (Lipinski definition) is 0. The lowest BCUT2D eigenvalue weighted by atomic mass is 9.71. The molecular weight excluding hydrogens is 327 g/mol. The summed E-state index contributed by atoms with van der Waals surface area (Å²) in [5.74, 6) is 3.08. The van der Waals surface area contributed by atoms with Gasteiger partial charge >= 0.3 is 0 Å². The molecule has 0 aromatic heterocycles. The summed E-state index contributed by atoms with van der Waals surface area (Å²) >= 11 is 0. The van der Waals surface area contributed by atoms with E-state index in [-0.39, 0.29) is 12.1 Å². The quantitative estimate of drug-likeness (QED) is 0.476. The standard InChI is InChI=1S/C23H37FO2/c1-2-3-4-5-19-16-25-23(26-17-19)15-8-18-6-9-20(10-7-18)21-11-13-22(24)14-12-21/h2-3,13,18-21,23H,4-12,14-17H2,1H3. The van der Waals surface area contributed by atoms with Crippen LogP contribution in [0.5, 0.6) is 0 Å². The molecule has 0 bridgehead atoms. The van der Waals surface area contributed by atoms with Crippen molar-refractivity contribution in [2.24, 2.45) is 23.7 Å². The average molecular weight is 365 g/mol. The third kappa shape index (κ3) is 6.20. The molecule has 2 aliphatic carbocycles. The van der Waals surface area contributed by atoms with Crippen LogP contribution in [0.25, 0.3) is 0 Å². The number of halogens is 1. The van der Waals surface area contributed by atoms with Gasteiger partial charge in [-0.25, -0.2) is 4.39 Å². The van der Waals surface area contributed by atoms with Gasteiger partial charge in [0, 0.05) is 5.92 Å². The highest BCUT2D eigenvalue weighted by Gasteiger charge is 2.29. The van der Waals surface area contributed by atoms with Crippen LogP contribution in [-0.4, -0.2) is 19.5 Å². The Labute approximate surface area is 159 Å². The lowest BCUT2D eigenvalue weighted by molar-refractivity contribution is -0.205. The van der Waals surface area contributed by atoms with Crippen LogP contribution in [0.15, 0.2) is 24.1 Å². The predicted octanol–water partition coefficient (Wildman–Crippen LogP) is 6.57. The Kier molecular flexibility index (Phi) is 8.19. The molecule has 2 fully saturated rings. The van der Waals surface area contributed by atoms with E-state index >= 15 is 0 Å². The summed E-state index contributed by atoms with van der Waals surface area (Å²) in [6, 6.07) is 0. The fraction of sp³-hybridized carbons (Fsp3) is 0.826. The molecule has 0 aromatic rings. The van der Waals surface area contributed by atoms with Gasteiger partial charge in [0.15, 0.2) is 6.29 Å². The summed E-state index contributed by atoms with van der Waals surface area (Å²) in [7, 11) is 0. The molecule has 1 saturated carbocycles. The Bertz CT molecular complexity index is 457. The van der Waals surface area contributed by atoms with Crippen LogP contribution in [0, 0.1) is 23.7 Å². The van der Waals surface area contributed by atoms with E-state index in [1.54, 1.807) is 0 Å². The van der Waals surface area contributed by atoms with Crippen LogP contribution in [-0.2, 0) is 9.47 Å². The van der Waals surface area contributed by atoms with Crippen molar-refractivity contribution in [1.82, 2.24) is 0 Å². The molecule has 26 heavy (non-hydrogen) atoms. The zero-order valence-corrected chi connectivity index (χ0v) is 16.5. The maximum absolute atomic E-state index is 13.2. The topological polar surface area (TPSA) is 18.5 Å². The Morgan fingerprint density at radius 2 is 1.73 bits per heavy atom. The van der Waals surface area contributed by atoms with E-state index in [1.807, 2.05) is 6.08 Å². The van der Waals surface area contributed by atoms with Crippen LogP contribution >= 0.6 is 0 Å². The summed E-state index contributed by atoms with van der Waals surface area (Å²) in [5, 5.41) is 0. The molecule has 148 valence electrons. The number of hydrogen-bond acceptors (Lipinski definition) is 2. The highest BCUT2D eigenvalue weighted by molar-refractivity contribution is 4.99. The first-order chi connectivity index (χ1) is 12.7. The Morgan fingerprint density at radius 3 is 2.38 bits per heavy atom. The van der Waals surface area contributed by atoms with Crippen molar-refractivity contribution in [2.75, 3.05) is 13.2 Å². The van der Waals surface area contributed by atoms with Crippen molar-refractivity contribution >= 4 is 0 Å². The van der Waals surface area contributed by atoms with E-state index in [4.69, 9.17) is 9.47 Å². The molecule has 3 aliphatic rings. The van der Waals surface area contributed by atoms with Gasteiger partial charge in [-0.15, -0.1) is 0 Å². The van der Waals surface area contributed by atoms with E-state index in [0.29, 0.717) is 12.3 Å². The highest BCUT2D eigenvalue weighted by atomic mass is 19.1. The minimum Gasteiger partial charge on any atom is -0.352 e. The molecule has 1 atom stereocenters. The van der Waals surface area contributed by atoms with Crippen molar-refractivity contribution in [2.45, 2.75) is 83.8 Å². The van der Waals surface area contributed by atoms with Crippen molar-refractivity contribution in [1.29, 1.82) is 0 Å². The third-order valence-corrected chi connectivity index (χ3v) is 6.78. The van der Waals surface area contributed by atoms with E-state index in [2.05, 4.69) is 19.1 Å². The number of rotatable bonds is 7. The van der Waals surface area contributed by atoms with Gasteiger partial charge in [-0.2, -0.15) is 0 Å². The third-order valence-electron chi connectivity index (χ3n) is 6.78. The van der Waals surface area contributed by atoms with Crippen molar-refractivity contribution in [3.05, 3.63) is 24.1 Å². The van der Waals surface area contributed by atoms with Gasteiger partial charge in [0.2, 0.25) is 0 Å². The Hall–Kier alpha value is -0.670. The lowest BCUT2D eigenvalue weighted by Gasteiger charge is -2.35. The van der Waals surface area contributed by atoms with Crippen LogP contribution in [0.2, 0.25) is 0 Å². The average Bonchev–Trinajstić information content (AvgIpc) is 2.69. The fourth-order valence-corrected chi connectivity index (χ4v) is 4.99. The van der Waals surface area contributed by atoms with Crippen molar-refractivity contribution < 1.29 is 13.9 Å². The molecule has 0 amide bonds. The molecule has 0 radical (unpaired) electrons. The minimum absolute atomic E-state index is 0.0251. The van der Waals surface area contributed by atoms with Crippen molar-refractivity contribution in [3.8, 4) is 0 Å². The maximum atomic E-state index is 13.2. The normalized spacial score (nSPS) is 36.2. The fourth-order valence-electron chi connectivity index (χ4n) is 4.99. The summed E-state index contributed by atoms with van der Waals surface area (Å²) < 4.78 is 25.1. The van der Waals surface area contributed by atoms with Gasteiger partial charge in [-0.05, 0) is 82.5 Å². The molecule has 0 spiro atoms. The van der Waals surface area contributed by atoms with Crippen LogP contribution < -0.4 is 0 Å². The number of ether oxygens (including phenoxy) is 2. The zero-order valence-electron chi connectivity index (χ0n) is 16.5. The van der Waals surface area contributed by atoms with Gasteiger partial charge in [0.05, 0.1) is 19.0 Å². The molecule has 1 heterocycles. The highest BCUT2D eigenvalue weighted by Crippen LogP contribution is 2.41. The van der Waals surface area contributed by atoms with Crippen LogP contribution in [0.1, 0.15) is 77.6 Å². The number of allylic oxidation sites excluding steroid dienone is 4. The van der Waals surface area contributed by atoms with Crippen molar-refractivity contribution in [3.63, 3.8) is 0 Å². The first kappa shape index (κ1) is 20.1. The minimum atomic E-state index is 0.0251. The van der Waals surface area contributed by atoms with E-state index in [1.165, 1.54) is 38.5 Å². The van der Waals surface area contributed by atoms with Gasteiger partial charge < -0.3 is 9.47 Å². The predicted molar refractivity (Wildman–Crippen MR) is 104 cm³/mol. The van der Waals surface area contributed by atoms with Gasteiger partial charge in [-0.3, -0.25) is 0 Å². The molecule has 1 aliphatic heterocycles. The second-order valence-corrected chi connectivity index (χ2v) is 8.65. The largest absolute Gasteiger partial charge is 0.352 e. The second-order valence-electron chi connectivity index (χ2n) is 8.65. The Balaban J connectivity index is 1.27. The molecule has 3 rings (SSSR count). The van der Waals surface area contributed by atoms with E-state index < -0.39 is 0 Å². The maximum Gasteiger partial charge on any atom is 0.157 e. The molecule has 1 saturated heterocycles. The summed E-state index contributed by atoms with van der Waals surface area (Å²) in [5.41, 5.74) is 0. The summed E-state index contributed by atoms with van der Waals surface area (Å²) in [4.78, 5) is 0. The van der Waals surface area contributed by atoms with E-state index in [9.17, 15) is 4.39 Å². The molecule has 3 heteroatoms. The Morgan fingerprint density at radius 1 is 0.962 bits per heavy atom. The molecule has 0 aromatic carbocycles. The molecule has 1 unspecified atom stereocenters. The first-order valence-corrected chi connectivity index (χ1v) is 10.9. The monoisotopic (exact) mass is 364 g/mol. The molecular formula is C23H37FO2. The van der Waals surface area contributed by atoms with Crippen LogP contribution in [0.4, 0.5) is 4.39 Å². The van der Waals surface area contributed by atoms with Gasteiger partial charge in [0.1, 0.15) is 0 Å². The smallest absolute Gasteiger partial charge is 0.157 e. The van der Waals surface area contributed by atoms with Gasteiger partial charge in [-0.1, -0.05) is 31.1 Å². The first-order valence-electron chi connectivity index (χ1n) is 10.9. The van der Waals surface area contributed by atoms with Gasteiger partial charge in [0.25, 0.3) is 0 Å². The lowest BCUT2D eigenvalue weighted by Crippen LogP contribution is -2.32. The summed E-state index contributed by atoms with van der Waals surface area (Å²) in [6.07, 6.45) is 18.9. The molecule has 2 nitrogen and oxygen atoms in total. The molecule has 0 N–H and O–H groups in total. The van der Waals surface area contributed by atoms with Crippen LogP contribution in [0.3, 0.4) is 0 Å². The zero-order chi connectivity index (χ0) is 18.2. The van der Waals surface area contributed by atoms with E-state index in [0.717, 1.165) is 56.7 Å². The second kappa shape index (κ2) is 10.6.